The number of halogens is 1. The summed E-state index contributed by atoms with van der Waals surface area (Å²) in [7, 11) is 1.26. The van der Waals surface area contributed by atoms with Crippen LogP contribution in [0.2, 0.25) is 5.02 Å². The number of hydrogen-bond acceptors (Lipinski definition) is 7. The van der Waals surface area contributed by atoms with E-state index >= 15 is 0 Å². The lowest BCUT2D eigenvalue weighted by atomic mass is 10.1. The fourth-order valence-electron chi connectivity index (χ4n) is 3.46. The molecular weight excluding hydrogens is 504 g/mol. The Morgan fingerprint density at radius 3 is 2.56 bits per heavy atom. The molecule has 1 aliphatic rings. The molecule has 36 heavy (non-hydrogen) atoms. The molecule has 184 valence electrons. The van der Waals surface area contributed by atoms with Crippen molar-refractivity contribution >= 4 is 58.1 Å². The molecule has 1 fully saturated rings. The van der Waals surface area contributed by atoms with Gasteiger partial charge in [0.05, 0.1) is 22.6 Å². The van der Waals surface area contributed by atoms with Crippen molar-refractivity contribution < 1.29 is 28.3 Å². The van der Waals surface area contributed by atoms with Gasteiger partial charge in [-0.15, -0.1) is 0 Å². The van der Waals surface area contributed by atoms with Crippen LogP contribution >= 0.6 is 23.4 Å². The molecule has 1 aliphatic heterocycles. The average molecular weight is 525 g/mol. The van der Waals surface area contributed by atoms with Crippen molar-refractivity contribution in [1.29, 1.82) is 0 Å². The Morgan fingerprint density at radius 1 is 1.11 bits per heavy atom. The molecule has 2 aromatic carbocycles. The minimum atomic E-state index is -0.584. The van der Waals surface area contributed by atoms with E-state index in [2.05, 4.69) is 5.32 Å². The van der Waals surface area contributed by atoms with Crippen molar-refractivity contribution in [2.45, 2.75) is 13.3 Å². The smallest absolute Gasteiger partial charge is 0.339 e. The number of amides is 3. The van der Waals surface area contributed by atoms with Gasteiger partial charge in [-0.25, -0.2) is 4.79 Å². The molecule has 8 nitrogen and oxygen atoms in total. The molecule has 1 saturated heterocycles. The number of imide groups is 1. The van der Waals surface area contributed by atoms with Crippen LogP contribution in [0, 0.1) is 0 Å². The van der Waals surface area contributed by atoms with Gasteiger partial charge in [0.1, 0.15) is 18.1 Å². The second-order valence-corrected chi connectivity index (χ2v) is 9.16. The lowest BCUT2D eigenvalue weighted by Gasteiger charge is -2.12. The second-order valence-electron chi connectivity index (χ2n) is 7.75. The summed E-state index contributed by atoms with van der Waals surface area (Å²) in [5, 5.41) is 2.39. The average Bonchev–Trinajstić information content (AvgIpc) is 3.44. The predicted octanol–water partition coefficient (Wildman–Crippen LogP) is 5.62. The van der Waals surface area contributed by atoms with Gasteiger partial charge >= 0.3 is 5.97 Å². The SMILES string of the molecule is CCc1ccc(NC(=O)CN2C(=O)S/C(=C/c3ccc(-c4ccc(Cl)c(C(=O)OC)c4)o3)C2=O)cc1. The van der Waals surface area contributed by atoms with Crippen molar-refractivity contribution in [3.8, 4) is 11.3 Å². The lowest BCUT2D eigenvalue weighted by Crippen LogP contribution is -2.36. The Bertz CT molecular complexity index is 1380. The van der Waals surface area contributed by atoms with Crippen LogP contribution in [0.3, 0.4) is 0 Å². The third-order valence-electron chi connectivity index (χ3n) is 5.38. The van der Waals surface area contributed by atoms with Crippen LogP contribution in [0.4, 0.5) is 10.5 Å². The normalized spacial score (nSPS) is 14.4. The minimum absolute atomic E-state index is 0.132. The number of carbonyl (C=O) groups is 4. The molecule has 1 aromatic heterocycles. The molecule has 3 aromatic rings. The number of benzene rings is 2. The highest BCUT2D eigenvalue weighted by Crippen LogP contribution is 2.34. The van der Waals surface area contributed by atoms with Crippen LogP contribution in [0.1, 0.15) is 28.6 Å². The molecule has 1 N–H and O–H groups in total. The highest BCUT2D eigenvalue weighted by Gasteiger charge is 2.36. The molecular formula is C26H21ClN2O6S. The maximum absolute atomic E-state index is 12.8. The highest BCUT2D eigenvalue weighted by atomic mass is 35.5. The monoisotopic (exact) mass is 524 g/mol. The third kappa shape index (κ3) is 5.53. The summed E-state index contributed by atoms with van der Waals surface area (Å²) >= 11 is 6.79. The van der Waals surface area contributed by atoms with Crippen molar-refractivity contribution in [2.24, 2.45) is 0 Å². The molecule has 3 amide bonds. The number of anilines is 1. The third-order valence-corrected chi connectivity index (χ3v) is 6.61. The fourth-order valence-corrected chi connectivity index (χ4v) is 4.48. The van der Waals surface area contributed by atoms with Crippen molar-refractivity contribution in [3.63, 3.8) is 0 Å². The number of furan rings is 1. The first kappa shape index (κ1) is 25.3. The first-order valence-corrected chi connectivity index (χ1v) is 12.1. The Kier molecular flexibility index (Phi) is 7.61. The molecule has 0 bridgehead atoms. The first-order chi connectivity index (χ1) is 17.3. The van der Waals surface area contributed by atoms with Crippen molar-refractivity contribution in [2.75, 3.05) is 19.0 Å². The van der Waals surface area contributed by atoms with E-state index in [1.54, 1.807) is 42.5 Å². The molecule has 0 radical (unpaired) electrons. The van der Waals surface area contributed by atoms with Crippen LogP contribution in [0.25, 0.3) is 17.4 Å². The van der Waals surface area contributed by atoms with E-state index in [-0.39, 0.29) is 15.5 Å². The molecule has 0 atom stereocenters. The molecule has 10 heteroatoms. The van der Waals surface area contributed by atoms with Crippen LogP contribution in [-0.4, -0.2) is 41.6 Å². The summed E-state index contributed by atoms with van der Waals surface area (Å²) < 4.78 is 10.5. The van der Waals surface area contributed by atoms with Gasteiger partial charge in [0, 0.05) is 17.3 Å². The van der Waals surface area contributed by atoms with Crippen molar-refractivity contribution in [3.05, 3.63) is 81.4 Å². The number of hydrogen-bond donors (Lipinski definition) is 1. The summed E-state index contributed by atoms with van der Waals surface area (Å²) in [6.07, 6.45) is 2.32. The Balaban J connectivity index is 1.45. The van der Waals surface area contributed by atoms with E-state index in [1.807, 2.05) is 19.1 Å². The molecule has 2 heterocycles. The molecule has 0 saturated carbocycles. The summed E-state index contributed by atoms with van der Waals surface area (Å²) in [5.41, 5.74) is 2.48. The zero-order chi connectivity index (χ0) is 25.8. The van der Waals surface area contributed by atoms with Crippen LogP contribution in [0.5, 0.6) is 0 Å². The second kappa shape index (κ2) is 10.8. The van der Waals surface area contributed by atoms with E-state index in [1.165, 1.54) is 13.2 Å². The Morgan fingerprint density at radius 2 is 1.86 bits per heavy atom. The van der Waals surface area contributed by atoms with E-state index in [0.717, 1.165) is 28.6 Å². The number of aryl methyl sites for hydroxylation is 1. The van der Waals surface area contributed by atoms with Gasteiger partial charge in [0.2, 0.25) is 5.91 Å². The summed E-state index contributed by atoms with van der Waals surface area (Å²) in [6, 6.07) is 15.4. The minimum Gasteiger partial charge on any atom is -0.465 e. The number of thioether (sulfide) groups is 1. The van der Waals surface area contributed by atoms with Gasteiger partial charge in [-0.05, 0) is 66.2 Å². The predicted molar refractivity (Wildman–Crippen MR) is 138 cm³/mol. The Labute approximate surface area is 216 Å². The van der Waals surface area contributed by atoms with Crippen molar-refractivity contribution in [1.82, 2.24) is 4.90 Å². The van der Waals surface area contributed by atoms with E-state index in [9.17, 15) is 19.2 Å². The number of esters is 1. The topological polar surface area (TPSA) is 106 Å². The molecule has 0 spiro atoms. The fraction of sp³-hybridized carbons (Fsp3) is 0.154. The van der Waals surface area contributed by atoms with Crippen LogP contribution in [0.15, 0.2) is 63.9 Å². The standard InChI is InChI=1S/C26H21ClN2O6S/c1-3-15-4-7-17(8-5-15)28-23(30)14-29-24(31)22(36-26(29)33)13-18-9-11-21(35-18)16-6-10-20(27)19(12-16)25(32)34-2/h4-13H,3,14H2,1-2H3,(H,28,30)/b22-13+. The van der Waals surface area contributed by atoms with Crippen LogP contribution < -0.4 is 5.32 Å². The zero-order valence-electron chi connectivity index (χ0n) is 19.4. The van der Waals surface area contributed by atoms with Gasteiger partial charge < -0.3 is 14.5 Å². The largest absolute Gasteiger partial charge is 0.465 e. The molecule has 0 unspecified atom stereocenters. The Hall–Kier alpha value is -3.82. The number of rotatable bonds is 7. The van der Waals surface area contributed by atoms with E-state index in [0.29, 0.717) is 22.8 Å². The highest BCUT2D eigenvalue weighted by molar-refractivity contribution is 8.18. The van der Waals surface area contributed by atoms with Gasteiger partial charge in [0.25, 0.3) is 11.1 Å². The number of nitrogens with one attached hydrogen (secondary N) is 1. The molecule has 4 rings (SSSR count). The first-order valence-electron chi connectivity index (χ1n) is 10.9. The quantitative estimate of drug-likeness (QED) is 0.315. The molecule has 0 aliphatic carbocycles. The van der Waals surface area contributed by atoms with Gasteiger partial charge in [-0.1, -0.05) is 30.7 Å². The van der Waals surface area contributed by atoms with E-state index < -0.39 is 29.6 Å². The maximum atomic E-state index is 12.8. The number of ether oxygens (including phenoxy) is 1. The summed E-state index contributed by atoms with van der Waals surface area (Å²) in [6.45, 7) is 1.63. The zero-order valence-corrected chi connectivity index (χ0v) is 20.9. The number of nitrogens with zero attached hydrogens (tertiary/aromatic N) is 1. The number of methoxy groups -OCH3 is 1. The summed E-state index contributed by atoms with van der Waals surface area (Å²) in [4.78, 5) is 50.5. The maximum Gasteiger partial charge on any atom is 0.339 e. The van der Waals surface area contributed by atoms with Gasteiger partial charge in [0.15, 0.2) is 0 Å². The lowest BCUT2D eigenvalue weighted by molar-refractivity contribution is -0.127. The van der Waals surface area contributed by atoms with Crippen LogP contribution in [-0.2, 0) is 20.7 Å². The summed E-state index contributed by atoms with van der Waals surface area (Å²) in [5.74, 6) is -0.892. The van der Waals surface area contributed by atoms with Gasteiger partial charge in [-0.3, -0.25) is 19.3 Å². The number of carbonyl (C=O) groups excluding carboxylic acids is 4. The van der Waals surface area contributed by atoms with E-state index in [4.69, 9.17) is 20.8 Å². The van der Waals surface area contributed by atoms with Gasteiger partial charge in [-0.2, -0.15) is 0 Å².